The Morgan fingerprint density at radius 1 is 0.952 bits per heavy atom. The normalized spacial score (nSPS) is 19.6. The van der Waals surface area contributed by atoms with E-state index in [0.29, 0.717) is 0 Å². The molecular weight excluding hydrogens is 267 g/mol. The van der Waals surface area contributed by atoms with E-state index in [0.717, 1.165) is 24.2 Å². The Bertz CT molecular complexity index is 483. The molecule has 0 bridgehead atoms. The van der Waals surface area contributed by atoms with E-state index in [4.69, 9.17) is 18.8 Å². The lowest BCUT2D eigenvalue weighted by molar-refractivity contribution is 0.00578. The Morgan fingerprint density at radius 2 is 1.52 bits per heavy atom. The van der Waals surface area contributed by atoms with Gasteiger partial charge in [-0.3, -0.25) is 0 Å². The van der Waals surface area contributed by atoms with Crippen LogP contribution in [0.2, 0.25) is 6.32 Å². The molecule has 4 nitrogen and oxygen atoms in total. The molecule has 1 aliphatic rings. The monoisotopic (exact) mass is 292 g/mol. The van der Waals surface area contributed by atoms with E-state index in [9.17, 15) is 0 Å². The van der Waals surface area contributed by atoms with Crippen LogP contribution < -0.4 is 9.47 Å². The summed E-state index contributed by atoms with van der Waals surface area (Å²) in [4.78, 5) is 0. The summed E-state index contributed by atoms with van der Waals surface area (Å²) in [5.41, 5.74) is 0.646. The number of hydrogen-bond donors (Lipinski definition) is 0. The molecule has 0 radical (unpaired) electrons. The van der Waals surface area contributed by atoms with E-state index in [1.54, 1.807) is 14.2 Å². The van der Waals surface area contributed by atoms with Crippen LogP contribution in [0.5, 0.6) is 11.5 Å². The summed E-state index contributed by atoms with van der Waals surface area (Å²) in [7, 11) is 3.13. The fraction of sp³-hybridized carbons (Fsp3) is 0.625. The molecule has 5 heteroatoms. The first-order valence-electron chi connectivity index (χ1n) is 7.35. The van der Waals surface area contributed by atoms with Crippen molar-refractivity contribution < 1.29 is 18.8 Å². The summed E-state index contributed by atoms with van der Waals surface area (Å²) >= 11 is 0. The molecule has 0 amide bonds. The Hall–Kier alpha value is -1.20. The molecule has 2 rings (SSSR count). The highest BCUT2D eigenvalue weighted by atomic mass is 16.7. The predicted molar refractivity (Wildman–Crippen MR) is 84.1 cm³/mol. The van der Waals surface area contributed by atoms with Crippen molar-refractivity contribution in [1.82, 2.24) is 0 Å². The third kappa shape index (κ3) is 3.35. The topological polar surface area (TPSA) is 36.9 Å². The molecule has 0 saturated carbocycles. The first kappa shape index (κ1) is 16.2. The fourth-order valence-electron chi connectivity index (χ4n) is 2.40. The lowest BCUT2D eigenvalue weighted by atomic mass is 9.81. The maximum absolute atomic E-state index is 6.01. The van der Waals surface area contributed by atoms with Crippen LogP contribution in [0.25, 0.3) is 0 Å². The molecule has 21 heavy (non-hydrogen) atoms. The van der Waals surface area contributed by atoms with E-state index in [2.05, 4.69) is 27.7 Å². The lowest BCUT2D eigenvalue weighted by Gasteiger charge is -2.32. The summed E-state index contributed by atoms with van der Waals surface area (Å²) in [6, 6.07) is 5.98. The van der Waals surface area contributed by atoms with Crippen molar-refractivity contribution >= 4 is 7.12 Å². The summed E-state index contributed by atoms with van der Waals surface area (Å²) in [6.45, 7) is 8.29. The number of ether oxygens (including phenoxy) is 2. The first-order valence-corrected chi connectivity index (χ1v) is 7.35. The highest BCUT2D eigenvalue weighted by Crippen LogP contribution is 2.38. The van der Waals surface area contributed by atoms with Gasteiger partial charge in [0.25, 0.3) is 0 Å². The molecule has 1 saturated heterocycles. The summed E-state index contributed by atoms with van der Waals surface area (Å²) in [6.07, 6.45) is 1.69. The Balaban J connectivity index is 1.98. The van der Waals surface area contributed by atoms with Gasteiger partial charge in [0.2, 0.25) is 0 Å². The van der Waals surface area contributed by atoms with Crippen molar-refractivity contribution in [3.8, 4) is 11.5 Å². The van der Waals surface area contributed by atoms with Crippen LogP contribution in [-0.2, 0) is 15.7 Å². The van der Waals surface area contributed by atoms with Crippen molar-refractivity contribution in [2.45, 2.75) is 51.6 Å². The van der Waals surface area contributed by atoms with Gasteiger partial charge in [-0.2, -0.15) is 0 Å². The van der Waals surface area contributed by atoms with Gasteiger partial charge < -0.3 is 18.8 Å². The summed E-state index contributed by atoms with van der Waals surface area (Å²) in [5, 5.41) is 0. The van der Waals surface area contributed by atoms with Crippen LogP contribution in [0.3, 0.4) is 0 Å². The molecule has 116 valence electrons. The molecule has 0 spiro atoms. The van der Waals surface area contributed by atoms with Gasteiger partial charge in [-0.1, -0.05) is 6.07 Å². The zero-order valence-electron chi connectivity index (χ0n) is 13.9. The maximum Gasteiger partial charge on any atom is 0.458 e. The predicted octanol–water partition coefficient (Wildman–Crippen LogP) is 3.34. The number of rotatable bonds is 5. The number of aryl methyl sites for hydroxylation is 1. The van der Waals surface area contributed by atoms with Crippen molar-refractivity contribution in [2.24, 2.45) is 0 Å². The molecule has 0 aromatic heterocycles. The zero-order chi connectivity index (χ0) is 15.7. The Labute approximate surface area is 127 Å². The number of benzene rings is 1. The van der Waals surface area contributed by atoms with E-state index in [1.807, 2.05) is 18.2 Å². The van der Waals surface area contributed by atoms with E-state index in [-0.39, 0.29) is 18.3 Å². The summed E-state index contributed by atoms with van der Waals surface area (Å²) in [5.74, 6) is 1.50. The van der Waals surface area contributed by atoms with Crippen LogP contribution in [0.1, 0.15) is 33.3 Å². The van der Waals surface area contributed by atoms with Gasteiger partial charge in [0.05, 0.1) is 25.4 Å². The fourth-order valence-corrected chi connectivity index (χ4v) is 2.40. The van der Waals surface area contributed by atoms with Crippen molar-refractivity contribution in [2.75, 3.05) is 14.2 Å². The highest BCUT2D eigenvalue weighted by molar-refractivity contribution is 6.45. The zero-order valence-corrected chi connectivity index (χ0v) is 13.9. The number of methoxy groups -OCH3 is 2. The largest absolute Gasteiger partial charge is 0.493 e. The minimum Gasteiger partial charge on any atom is -0.493 e. The van der Waals surface area contributed by atoms with Gasteiger partial charge in [0, 0.05) is 0 Å². The molecular formula is C16H25BO4. The van der Waals surface area contributed by atoms with E-state index < -0.39 is 0 Å². The molecule has 0 N–H and O–H groups in total. The smallest absolute Gasteiger partial charge is 0.458 e. The van der Waals surface area contributed by atoms with Gasteiger partial charge >= 0.3 is 7.12 Å². The average Bonchev–Trinajstić information content (AvgIpc) is 2.64. The van der Waals surface area contributed by atoms with Crippen LogP contribution in [0.15, 0.2) is 18.2 Å². The van der Waals surface area contributed by atoms with E-state index in [1.165, 1.54) is 5.56 Å². The van der Waals surface area contributed by atoms with Gasteiger partial charge in [0.1, 0.15) is 0 Å². The van der Waals surface area contributed by atoms with Crippen LogP contribution >= 0.6 is 0 Å². The molecule has 0 aliphatic carbocycles. The average molecular weight is 292 g/mol. The second-order valence-electron chi connectivity index (χ2n) is 6.41. The minimum absolute atomic E-state index is 0.164. The Kier molecular flexibility index (Phi) is 4.54. The van der Waals surface area contributed by atoms with Crippen LogP contribution in [-0.4, -0.2) is 32.5 Å². The van der Waals surface area contributed by atoms with Gasteiger partial charge in [0.15, 0.2) is 11.5 Å². The van der Waals surface area contributed by atoms with E-state index >= 15 is 0 Å². The molecule has 1 heterocycles. The SMILES string of the molecule is COc1ccc(CCB2OC(C)(C)C(C)(C)O2)cc1OC. The minimum atomic E-state index is -0.269. The van der Waals surface area contributed by atoms with Crippen molar-refractivity contribution in [3.05, 3.63) is 23.8 Å². The third-order valence-corrected chi connectivity index (χ3v) is 4.42. The van der Waals surface area contributed by atoms with Gasteiger partial charge in [-0.05, 0) is 58.1 Å². The second-order valence-corrected chi connectivity index (χ2v) is 6.41. The molecule has 1 aliphatic heterocycles. The lowest BCUT2D eigenvalue weighted by Crippen LogP contribution is -2.41. The summed E-state index contributed by atoms with van der Waals surface area (Å²) < 4.78 is 22.6. The molecule has 0 unspecified atom stereocenters. The van der Waals surface area contributed by atoms with Crippen LogP contribution in [0.4, 0.5) is 0 Å². The molecule has 1 aromatic carbocycles. The second kappa shape index (κ2) is 5.89. The number of hydrogen-bond acceptors (Lipinski definition) is 4. The molecule has 0 atom stereocenters. The van der Waals surface area contributed by atoms with Crippen molar-refractivity contribution in [1.29, 1.82) is 0 Å². The highest BCUT2D eigenvalue weighted by Gasteiger charge is 2.50. The first-order chi connectivity index (χ1) is 9.79. The molecule has 1 fully saturated rings. The van der Waals surface area contributed by atoms with Gasteiger partial charge in [-0.25, -0.2) is 0 Å². The Morgan fingerprint density at radius 3 is 2.05 bits per heavy atom. The third-order valence-electron chi connectivity index (χ3n) is 4.42. The standard InChI is InChI=1S/C16H25BO4/c1-15(2)16(3,4)21-17(20-15)10-9-12-7-8-13(18-5)14(11-12)19-6/h7-8,11H,9-10H2,1-6H3. The van der Waals surface area contributed by atoms with Crippen LogP contribution in [0, 0.1) is 0 Å². The van der Waals surface area contributed by atoms with Crippen molar-refractivity contribution in [3.63, 3.8) is 0 Å². The van der Waals surface area contributed by atoms with Gasteiger partial charge in [-0.15, -0.1) is 0 Å². The molecule has 1 aromatic rings. The maximum atomic E-state index is 6.01. The quantitative estimate of drug-likeness (QED) is 0.780.